The molecule has 6 heteroatoms. The van der Waals surface area contributed by atoms with Gasteiger partial charge in [-0.05, 0) is 19.8 Å². The van der Waals surface area contributed by atoms with Gasteiger partial charge in [-0.15, -0.1) is 11.3 Å². The molecule has 0 unspecified atom stereocenters. The molecule has 2 heterocycles. The maximum atomic E-state index is 12.0. The molecule has 1 saturated heterocycles. The summed E-state index contributed by atoms with van der Waals surface area (Å²) < 4.78 is 5.33. The number of amides is 1. The molecule has 104 valence electrons. The second-order valence-electron chi connectivity index (χ2n) is 5.16. The van der Waals surface area contributed by atoms with E-state index in [1.165, 1.54) is 11.3 Å². The summed E-state index contributed by atoms with van der Waals surface area (Å²) in [5, 5.41) is 4.05. The van der Waals surface area contributed by atoms with E-state index in [0.717, 1.165) is 61.3 Å². The minimum Gasteiger partial charge on any atom is -0.379 e. The van der Waals surface area contributed by atoms with Gasteiger partial charge in [0.2, 0.25) is 0 Å². The maximum Gasteiger partial charge on any atom is 0.263 e. The Morgan fingerprint density at radius 1 is 1.47 bits per heavy atom. The van der Waals surface area contributed by atoms with Crippen molar-refractivity contribution >= 4 is 17.2 Å². The quantitative estimate of drug-likeness (QED) is 0.900. The third-order valence-corrected chi connectivity index (χ3v) is 4.56. The number of morpholine rings is 1. The lowest BCUT2D eigenvalue weighted by Gasteiger charge is -2.25. The Morgan fingerprint density at radius 2 is 2.21 bits per heavy atom. The summed E-state index contributed by atoms with van der Waals surface area (Å²) in [4.78, 5) is 19.7. The van der Waals surface area contributed by atoms with Crippen molar-refractivity contribution in [3.63, 3.8) is 0 Å². The van der Waals surface area contributed by atoms with E-state index in [1.54, 1.807) is 0 Å². The van der Waals surface area contributed by atoms with E-state index in [4.69, 9.17) is 4.74 Å². The van der Waals surface area contributed by atoms with Gasteiger partial charge in [-0.2, -0.15) is 0 Å². The topological polar surface area (TPSA) is 54.5 Å². The van der Waals surface area contributed by atoms with E-state index in [0.29, 0.717) is 6.04 Å². The summed E-state index contributed by atoms with van der Waals surface area (Å²) in [6, 6.07) is 0.400. The summed E-state index contributed by atoms with van der Waals surface area (Å²) in [7, 11) is 0. The average molecular weight is 281 g/mol. The number of nitrogens with zero attached hydrogens (tertiary/aromatic N) is 2. The number of ether oxygens (including phenoxy) is 1. The van der Waals surface area contributed by atoms with E-state index < -0.39 is 0 Å². The predicted octanol–water partition coefficient (Wildman–Crippen LogP) is 1.18. The normalized spacial score (nSPS) is 20.5. The Kier molecular flexibility index (Phi) is 3.81. The van der Waals surface area contributed by atoms with Crippen LogP contribution in [-0.2, 0) is 11.3 Å². The van der Waals surface area contributed by atoms with E-state index in [-0.39, 0.29) is 5.91 Å². The van der Waals surface area contributed by atoms with Gasteiger partial charge >= 0.3 is 0 Å². The fourth-order valence-electron chi connectivity index (χ4n) is 2.16. The predicted molar refractivity (Wildman–Crippen MR) is 73.4 cm³/mol. The zero-order valence-corrected chi connectivity index (χ0v) is 12.0. The standard InChI is InChI=1S/C13H19N3O2S/c1-9-12(13(17)15-10-2-3-10)19-11(14-9)8-16-4-6-18-7-5-16/h10H,2-8H2,1H3,(H,15,17). The molecule has 2 fully saturated rings. The van der Waals surface area contributed by atoms with Gasteiger partial charge in [-0.1, -0.05) is 0 Å². The SMILES string of the molecule is Cc1nc(CN2CCOCC2)sc1C(=O)NC1CC1. The number of rotatable bonds is 4. The van der Waals surface area contributed by atoms with Crippen LogP contribution in [0.1, 0.15) is 33.2 Å². The molecule has 0 atom stereocenters. The van der Waals surface area contributed by atoms with Crippen molar-refractivity contribution in [2.24, 2.45) is 0 Å². The van der Waals surface area contributed by atoms with Crippen LogP contribution < -0.4 is 5.32 Å². The average Bonchev–Trinajstić information content (AvgIpc) is 3.13. The number of hydrogen-bond donors (Lipinski definition) is 1. The number of nitrogens with one attached hydrogen (secondary N) is 1. The molecule has 3 rings (SSSR count). The molecular formula is C13H19N3O2S. The van der Waals surface area contributed by atoms with Gasteiger partial charge in [0.25, 0.3) is 5.91 Å². The second-order valence-corrected chi connectivity index (χ2v) is 6.24. The Hall–Kier alpha value is -0.980. The lowest BCUT2D eigenvalue weighted by molar-refractivity contribution is 0.0341. The number of hydrogen-bond acceptors (Lipinski definition) is 5. The Balaban J connectivity index is 1.63. The van der Waals surface area contributed by atoms with Gasteiger partial charge in [0.15, 0.2) is 0 Å². The third-order valence-electron chi connectivity index (χ3n) is 3.42. The second kappa shape index (κ2) is 5.56. The monoisotopic (exact) mass is 281 g/mol. The van der Waals surface area contributed by atoms with Gasteiger partial charge < -0.3 is 10.1 Å². The first-order chi connectivity index (χ1) is 9.22. The molecule has 1 saturated carbocycles. The van der Waals surface area contributed by atoms with E-state index >= 15 is 0 Å². The van der Waals surface area contributed by atoms with Crippen molar-refractivity contribution in [2.75, 3.05) is 26.3 Å². The zero-order chi connectivity index (χ0) is 13.2. The van der Waals surface area contributed by atoms with Crippen molar-refractivity contribution in [3.05, 3.63) is 15.6 Å². The van der Waals surface area contributed by atoms with Crippen LogP contribution in [0, 0.1) is 6.92 Å². The Labute approximate surface area is 117 Å². The van der Waals surface area contributed by atoms with Crippen LogP contribution >= 0.6 is 11.3 Å². The van der Waals surface area contributed by atoms with E-state index in [9.17, 15) is 4.79 Å². The first-order valence-corrected chi connectivity index (χ1v) is 7.61. The van der Waals surface area contributed by atoms with Crippen molar-refractivity contribution in [1.82, 2.24) is 15.2 Å². The minimum atomic E-state index is 0.0470. The lowest BCUT2D eigenvalue weighted by Crippen LogP contribution is -2.35. The number of carbonyl (C=O) groups is 1. The molecule has 1 N–H and O–H groups in total. The Bertz CT molecular complexity index is 464. The number of carbonyl (C=O) groups excluding carboxylic acids is 1. The van der Waals surface area contributed by atoms with Crippen LogP contribution in [0.5, 0.6) is 0 Å². The molecule has 0 spiro atoms. The summed E-state index contributed by atoms with van der Waals surface area (Å²) in [5.41, 5.74) is 0.853. The van der Waals surface area contributed by atoms with E-state index in [2.05, 4.69) is 15.2 Å². The smallest absolute Gasteiger partial charge is 0.263 e. The molecule has 2 aliphatic rings. The van der Waals surface area contributed by atoms with Gasteiger partial charge in [0.05, 0.1) is 25.5 Å². The van der Waals surface area contributed by atoms with Crippen molar-refractivity contribution < 1.29 is 9.53 Å². The van der Waals surface area contributed by atoms with Gasteiger partial charge in [0.1, 0.15) is 9.88 Å². The van der Waals surface area contributed by atoms with Crippen LogP contribution in [0.2, 0.25) is 0 Å². The first kappa shape index (κ1) is 13.0. The summed E-state index contributed by atoms with van der Waals surface area (Å²) >= 11 is 1.53. The largest absolute Gasteiger partial charge is 0.379 e. The highest BCUT2D eigenvalue weighted by atomic mass is 32.1. The van der Waals surface area contributed by atoms with Crippen LogP contribution in [0.15, 0.2) is 0 Å². The highest BCUT2D eigenvalue weighted by Crippen LogP contribution is 2.23. The molecule has 19 heavy (non-hydrogen) atoms. The number of aryl methyl sites for hydroxylation is 1. The summed E-state index contributed by atoms with van der Waals surface area (Å²) in [5.74, 6) is 0.0470. The zero-order valence-electron chi connectivity index (χ0n) is 11.1. The molecule has 0 bridgehead atoms. The van der Waals surface area contributed by atoms with Gasteiger partial charge in [-0.25, -0.2) is 4.98 Å². The summed E-state index contributed by atoms with van der Waals surface area (Å²) in [6.07, 6.45) is 2.23. The fourth-order valence-corrected chi connectivity index (χ4v) is 3.17. The Morgan fingerprint density at radius 3 is 2.89 bits per heavy atom. The van der Waals surface area contributed by atoms with Crippen molar-refractivity contribution in [1.29, 1.82) is 0 Å². The van der Waals surface area contributed by atoms with Crippen molar-refractivity contribution in [3.8, 4) is 0 Å². The molecule has 1 aromatic rings. The summed E-state index contributed by atoms with van der Waals surface area (Å²) in [6.45, 7) is 6.22. The molecule has 1 aromatic heterocycles. The molecule has 5 nitrogen and oxygen atoms in total. The molecule has 1 aliphatic carbocycles. The van der Waals surface area contributed by atoms with Gasteiger partial charge in [0, 0.05) is 19.1 Å². The minimum absolute atomic E-state index is 0.0470. The molecule has 0 radical (unpaired) electrons. The van der Waals surface area contributed by atoms with Crippen molar-refractivity contribution in [2.45, 2.75) is 32.4 Å². The number of thiazole rings is 1. The first-order valence-electron chi connectivity index (χ1n) is 6.79. The molecule has 0 aromatic carbocycles. The van der Waals surface area contributed by atoms with Crippen LogP contribution in [-0.4, -0.2) is 48.1 Å². The highest BCUT2D eigenvalue weighted by Gasteiger charge is 2.26. The third kappa shape index (κ3) is 3.32. The fraction of sp³-hybridized carbons (Fsp3) is 0.692. The van der Waals surface area contributed by atoms with Gasteiger partial charge in [-0.3, -0.25) is 9.69 Å². The lowest BCUT2D eigenvalue weighted by atomic mass is 10.3. The molecular weight excluding hydrogens is 262 g/mol. The van der Waals surface area contributed by atoms with E-state index in [1.807, 2.05) is 6.92 Å². The molecule has 1 aliphatic heterocycles. The van der Waals surface area contributed by atoms with Crippen LogP contribution in [0.3, 0.4) is 0 Å². The highest BCUT2D eigenvalue weighted by molar-refractivity contribution is 7.13. The molecule has 1 amide bonds. The van der Waals surface area contributed by atoms with Crippen LogP contribution in [0.4, 0.5) is 0 Å². The maximum absolute atomic E-state index is 12.0. The van der Waals surface area contributed by atoms with Crippen LogP contribution in [0.25, 0.3) is 0 Å². The number of aromatic nitrogens is 1.